The molecule has 0 aromatic rings. The summed E-state index contributed by atoms with van der Waals surface area (Å²) in [6.45, 7) is 15.2. The van der Waals surface area contributed by atoms with E-state index in [-0.39, 0.29) is 0 Å². The van der Waals surface area contributed by atoms with Gasteiger partial charge in [-0.2, -0.15) is 0 Å². The van der Waals surface area contributed by atoms with Gasteiger partial charge in [0.2, 0.25) is 0 Å². The average molecular weight is 429 g/mol. The summed E-state index contributed by atoms with van der Waals surface area (Å²) in [6, 6.07) is 0. The highest BCUT2D eigenvalue weighted by molar-refractivity contribution is 5.25. The molecule has 9 atom stereocenters. The standard InChI is InChI=1S/C30H52O/c1-8-22(20(2)3)10-9-21(4)26-13-14-27-25-12-11-23-19-24(31-7)15-17-29(23,5)28(25)16-18-30(26,27)6/h11,20-22,24-28H,8-10,12-19H2,1-7H3/t21-,22+,24+,25+,26-,27?,28?,29+,30-/m1/s1. The molecule has 3 fully saturated rings. The van der Waals surface area contributed by atoms with Crippen LogP contribution in [0.3, 0.4) is 0 Å². The van der Waals surface area contributed by atoms with E-state index in [1.165, 1.54) is 70.6 Å². The monoisotopic (exact) mass is 428 g/mol. The van der Waals surface area contributed by atoms with Gasteiger partial charge in [0.05, 0.1) is 6.10 Å². The van der Waals surface area contributed by atoms with Gasteiger partial charge in [0.1, 0.15) is 0 Å². The van der Waals surface area contributed by atoms with Crippen LogP contribution in [0.15, 0.2) is 11.6 Å². The lowest BCUT2D eigenvalue weighted by Crippen LogP contribution is -2.51. The van der Waals surface area contributed by atoms with Gasteiger partial charge in [0.25, 0.3) is 0 Å². The minimum absolute atomic E-state index is 0.467. The van der Waals surface area contributed by atoms with Crippen LogP contribution in [-0.2, 0) is 4.74 Å². The Morgan fingerprint density at radius 1 is 1.00 bits per heavy atom. The molecule has 0 aromatic carbocycles. The van der Waals surface area contributed by atoms with Crippen LogP contribution in [-0.4, -0.2) is 13.2 Å². The number of ether oxygens (including phenoxy) is 1. The summed E-state index contributed by atoms with van der Waals surface area (Å²) in [6.07, 6.45) is 18.6. The van der Waals surface area contributed by atoms with E-state index in [1.54, 1.807) is 5.57 Å². The zero-order valence-electron chi connectivity index (χ0n) is 21.9. The summed E-state index contributed by atoms with van der Waals surface area (Å²) in [5.74, 6) is 6.49. The number of rotatable bonds is 7. The molecule has 1 nitrogen and oxygen atoms in total. The van der Waals surface area contributed by atoms with Gasteiger partial charge in [0, 0.05) is 7.11 Å². The molecular formula is C30H52O. The van der Waals surface area contributed by atoms with Crippen LogP contribution < -0.4 is 0 Å². The number of hydrogen-bond donors (Lipinski definition) is 0. The van der Waals surface area contributed by atoms with Gasteiger partial charge in [-0.05, 0) is 110 Å². The van der Waals surface area contributed by atoms with Gasteiger partial charge >= 0.3 is 0 Å². The summed E-state index contributed by atoms with van der Waals surface area (Å²) in [5.41, 5.74) is 2.83. The maximum atomic E-state index is 5.77. The Balaban J connectivity index is 1.47. The summed E-state index contributed by atoms with van der Waals surface area (Å²) in [4.78, 5) is 0. The normalized spacial score (nSPS) is 44.3. The molecule has 0 N–H and O–H groups in total. The van der Waals surface area contributed by atoms with Crippen LogP contribution >= 0.6 is 0 Å². The molecule has 4 rings (SSSR count). The lowest BCUT2D eigenvalue weighted by molar-refractivity contribution is -0.0603. The molecule has 0 amide bonds. The van der Waals surface area contributed by atoms with Gasteiger partial charge in [-0.25, -0.2) is 0 Å². The minimum Gasteiger partial charge on any atom is -0.381 e. The maximum absolute atomic E-state index is 5.77. The Morgan fingerprint density at radius 3 is 2.45 bits per heavy atom. The van der Waals surface area contributed by atoms with Crippen molar-refractivity contribution < 1.29 is 4.74 Å². The van der Waals surface area contributed by atoms with Crippen LogP contribution in [0.1, 0.15) is 112 Å². The molecule has 0 radical (unpaired) electrons. The van der Waals surface area contributed by atoms with E-state index in [1.807, 2.05) is 7.11 Å². The SMILES string of the molecule is CC[C@@H](CC[C@@H](C)[C@H]1CCC2[C@@H]3CC=C4C[C@@H](OC)CC[C@]4(C)C3CC[C@@]21C)C(C)C. The van der Waals surface area contributed by atoms with Gasteiger partial charge in [-0.3, -0.25) is 0 Å². The van der Waals surface area contributed by atoms with E-state index in [9.17, 15) is 0 Å². The van der Waals surface area contributed by atoms with Crippen LogP contribution in [0.25, 0.3) is 0 Å². The second kappa shape index (κ2) is 9.15. The highest BCUT2D eigenvalue weighted by Gasteiger charge is 2.59. The number of fused-ring (bicyclic) bond motifs is 5. The zero-order chi connectivity index (χ0) is 22.4. The Bertz CT molecular complexity index is 649. The summed E-state index contributed by atoms with van der Waals surface area (Å²) in [5, 5.41) is 0. The molecule has 4 aliphatic carbocycles. The lowest BCUT2D eigenvalue weighted by Gasteiger charge is -2.58. The van der Waals surface area contributed by atoms with E-state index in [0.717, 1.165) is 41.4 Å². The summed E-state index contributed by atoms with van der Waals surface area (Å²) in [7, 11) is 1.91. The van der Waals surface area contributed by atoms with Crippen molar-refractivity contribution >= 4 is 0 Å². The Kier molecular flexibility index (Phi) is 7.04. The first-order valence-corrected chi connectivity index (χ1v) is 14.0. The van der Waals surface area contributed by atoms with E-state index >= 15 is 0 Å². The Labute approximate surface area is 194 Å². The molecule has 4 aliphatic rings. The predicted octanol–water partition coefficient (Wildman–Crippen LogP) is 8.68. The third kappa shape index (κ3) is 4.08. The van der Waals surface area contributed by atoms with Crippen molar-refractivity contribution in [2.75, 3.05) is 7.11 Å². The van der Waals surface area contributed by atoms with Crippen molar-refractivity contribution in [3.05, 3.63) is 11.6 Å². The Morgan fingerprint density at radius 2 is 1.77 bits per heavy atom. The fraction of sp³-hybridized carbons (Fsp3) is 0.933. The van der Waals surface area contributed by atoms with Crippen LogP contribution in [0.2, 0.25) is 0 Å². The fourth-order valence-electron chi connectivity index (χ4n) is 9.49. The topological polar surface area (TPSA) is 9.23 Å². The smallest absolute Gasteiger partial charge is 0.0608 e. The molecule has 3 saturated carbocycles. The molecular weight excluding hydrogens is 376 g/mol. The van der Waals surface area contributed by atoms with Crippen molar-refractivity contribution in [2.45, 2.75) is 118 Å². The molecule has 178 valence electrons. The van der Waals surface area contributed by atoms with Gasteiger partial charge in [-0.1, -0.05) is 66.0 Å². The molecule has 2 unspecified atom stereocenters. The van der Waals surface area contributed by atoms with E-state index in [2.05, 4.69) is 47.6 Å². The molecule has 31 heavy (non-hydrogen) atoms. The van der Waals surface area contributed by atoms with Gasteiger partial charge < -0.3 is 4.74 Å². The molecule has 0 spiro atoms. The molecule has 0 saturated heterocycles. The highest BCUT2D eigenvalue weighted by Crippen LogP contribution is 2.67. The largest absolute Gasteiger partial charge is 0.381 e. The highest BCUT2D eigenvalue weighted by atomic mass is 16.5. The first-order chi connectivity index (χ1) is 14.7. The van der Waals surface area contributed by atoms with Crippen molar-refractivity contribution in [1.29, 1.82) is 0 Å². The van der Waals surface area contributed by atoms with Crippen molar-refractivity contribution in [2.24, 2.45) is 52.3 Å². The predicted molar refractivity (Wildman–Crippen MR) is 133 cm³/mol. The van der Waals surface area contributed by atoms with Crippen LogP contribution in [0.5, 0.6) is 0 Å². The average Bonchev–Trinajstić information content (AvgIpc) is 3.10. The van der Waals surface area contributed by atoms with E-state index < -0.39 is 0 Å². The van der Waals surface area contributed by atoms with Crippen molar-refractivity contribution in [3.63, 3.8) is 0 Å². The molecule has 1 heteroatoms. The second-order valence-corrected chi connectivity index (χ2v) is 13.1. The molecule has 0 aliphatic heterocycles. The van der Waals surface area contributed by atoms with E-state index in [0.29, 0.717) is 16.9 Å². The Hall–Kier alpha value is -0.300. The summed E-state index contributed by atoms with van der Waals surface area (Å²) >= 11 is 0. The number of methoxy groups -OCH3 is 1. The van der Waals surface area contributed by atoms with Gasteiger partial charge in [0.15, 0.2) is 0 Å². The minimum atomic E-state index is 0.467. The fourth-order valence-corrected chi connectivity index (χ4v) is 9.49. The molecule has 0 aromatic heterocycles. The quantitative estimate of drug-likeness (QED) is 0.368. The van der Waals surface area contributed by atoms with E-state index in [4.69, 9.17) is 4.74 Å². The van der Waals surface area contributed by atoms with Gasteiger partial charge in [-0.15, -0.1) is 0 Å². The van der Waals surface area contributed by atoms with Crippen LogP contribution in [0.4, 0.5) is 0 Å². The summed E-state index contributed by atoms with van der Waals surface area (Å²) < 4.78 is 5.77. The number of allylic oxidation sites excluding steroid dienone is 1. The zero-order valence-corrected chi connectivity index (χ0v) is 21.9. The second-order valence-electron chi connectivity index (χ2n) is 13.1. The van der Waals surface area contributed by atoms with Crippen molar-refractivity contribution in [3.8, 4) is 0 Å². The van der Waals surface area contributed by atoms with Crippen LogP contribution in [0, 0.1) is 52.3 Å². The number of hydrogen-bond acceptors (Lipinski definition) is 1. The molecule has 0 heterocycles. The first-order valence-electron chi connectivity index (χ1n) is 14.0. The van der Waals surface area contributed by atoms with Crippen molar-refractivity contribution in [1.82, 2.24) is 0 Å². The third-order valence-corrected chi connectivity index (χ3v) is 11.6. The third-order valence-electron chi connectivity index (χ3n) is 11.6. The first kappa shape index (κ1) is 23.8. The maximum Gasteiger partial charge on any atom is 0.0608 e. The molecule has 0 bridgehead atoms. The lowest BCUT2D eigenvalue weighted by atomic mass is 9.47.